The van der Waals surface area contributed by atoms with Crippen molar-refractivity contribution in [1.82, 2.24) is 15.5 Å². The Bertz CT molecular complexity index is 635. The number of benzene rings is 1. The van der Waals surface area contributed by atoms with Gasteiger partial charge in [0, 0.05) is 27.6 Å². The summed E-state index contributed by atoms with van der Waals surface area (Å²) in [6.07, 6.45) is 0. The zero-order valence-electron chi connectivity index (χ0n) is 12.3. The summed E-state index contributed by atoms with van der Waals surface area (Å²) in [6, 6.07) is 4.59. The summed E-state index contributed by atoms with van der Waals surface area (Å²) >= 11 is 5.51. The lowest BCUT2D eigenvalue weighted by molar-refractivity contribution is 0.344. The number of halogens is 1. The van der Waals surface area contributed by atoms with Gasteiger partial charge in [-0.3, -0.25) is 0 Å². The molecule has 4 nitrogen and oxygen atoms in total. The van der Waals surface area contributed by atoms with Crippen molar-refractivity contribution < 1.29 is 4.52 Å². The molecule has 2 atom stereocenters. The molecule has 0 radical (unpaired) electrons. The van der Waals surface area contributed by atoms with Crippen LogP contribution in [0.5, 0.6) is 0 Å². The van der Waals surface area contributed by atoms with Crippen molar-refractivity contribution in [2.24, 2.45) is 0 Å². The van der Waals surface area contributed by atoms with Crippen LogP contribution in [0.1, 0.15) is 22.9 Å². The first-order valence-corrected chi connectivity index (χ1v) is 8.90. The Balaban J connectivity index is 1.91. The van der Waals surface area contributed by atoms with E-state index in [1.807, 2.05) is 18.8 Å². The van der Waals surface area contributed by atoms with Crippen LogP contribution in [0.3, 0.4) is 0 Å². The first-order chi connectivity index (χ1) is 10.1. The molecule has 0 bridgehead atoms. The molecule has 1 aromatic heterocycles. The first-order valence-electron chi connectivity index (χ1n) is 6.96. The van der Waals surface area contributed by atoms with Crippen molar-refractivity contribution in [2.75, 3.05) is 18.6 Å². The van der Waals surface area contributed by atoms with Gasteiger partial charge in [-0.05, 0) is 44.2 Å². The predicted molar refractivity (Wildman–Crippen MR) is 89.8 cm³/mol. The van der Waals surface area contributed by atoms with Crippen molar-refractivity contribution in [3.63, 3.8) is 0 Å². The summed E-state index contributed by atoms with van der Waals surface area (Å²) in [5.74, 6) is 3.85. The highest BCUT2D eigenvalue weighted by Gasteiger charge is 2.32. The average molecular weight is 368 g/mol. The van der Waals surface area contributed by atoms with Crippen LogP contribution in [0.4, 0.5) is 0 Å². The monoisotopic (exact) mass is 367 g/mol. The second-order valence-corrected chi connectivity index (χ2v) is 7.29. The van der Waals surface area contributed by atoms with E-state index in [2.05, 4.69) is 57.4 Å². The van der Waals surface area contributed by atoms with Crippen LogP contribution in [0.25, 0.3) is 11.4 Å². The predicted octanol–water partition coefficient (Wildman–Crippen LogP) is 3.53. The molecule has 1 saturated heterocycles. The molecular formula is C15H18BrN3OS. The van der Waals surface area contributed by atoms with Crippen LogP contribution < -0.4 is 5.32 Å². The number of nitrogens with one attached hydrogen (secondary N) is 1. The molecule has 0 amide bonds. The SMILES string of the molecule is CNC1CSCC1c1nc(-c2cc(C)c(Br)c(C)c2)no1. The Kier molecular flexibility index (Phi) is 4.38. The Hall–Kier alpha value is -0.850. The van der Waals surface area contributed by atoms with Crippen molar-refractivity contribution in [3.05, 3.63) is 33.6 Å². The summed E-state index contributed by atoms with van der Waals surface area (Å²) in [7, 11) is 1.99. The van der Waals surface area contributed by atoms with Crippen molar-refractivity contribution in [3.8, 4) is 11.4 Å². The van der Waals surface area contributed by atoms with E-state index in [0.717, 1.165) is 27.4 Å². The normalized spacial score (nSPS) is 21.9. The number of likely N-dealkylation sites (N-methyl/N-ethyl adjacent to an activating group) is 1. The van der Waals surface area contributed by atoms with E-state index >= 15 is 0 Å². The van der Waals surface area contributed by atoms with E-state index in [0.29, 0.717) is 17.8 Å². The minimum absolute atomic E-state index is 0.305. The van der Waals surface area contributed by atoms with Gasteiger partial charge in [-0.1, -0.05) is 21.1 Å². The molecule has 2 unspecified atom stereocenters. The van der Waals surface area contributed by atoms with E-state index in [9.17, 15) is 0 Å². The Labute approximate surface area is 137 Å². The number of thioether (sulfide) groups is 1. The van der Waals surface area contributed by atoms with E-state index in [1.165, 1.54) is 11.1 Å². The third kappa shape index (κ3) is 2.89. The summed E-state index contributed by atoms with van der Waals surface area (Å²) in [6.45, 7) is 4.15. The van der Waals surface area contributed by atoms with E-state index in [4.69, 9.17) is 4.52 Å². The zero-order valence-corrected chi connectivity index (χ0v) is 14.7. The summed E-state index contributed by atoms with van der Waals surface area (Å²) in [5.41, 5.74) is 3.37. The summed E-state index contributed by atoms with van der Waals surface area (Å²) < 4.78 is 6.66. The van der Waals surface area contributed by atoms with Gasteiger partial charge in [-0.2, -0.15) is 16.7 Å². The molecule has 0 aliphatic carbocycles. The van der Waals surface area contributed by atoms with Crippen LogP contribution in [0, 0.1) is 13.8 Å². The lowest BCUT2D eigenvalue weighted by Gasteiger charge is -2.13. The van der Waals surface area contributed by atoms with Crippen molar-refractivity contribution >= 4 is 27.7 Å². The topological polar surface area (TPSA) is 51.0 Å². The number of nitrogens with zero attached hydrogens (tertiary/aromatic N) is 2. The molecule has 2 aromatic rings. The highest BCUT2D eigenvalue weighted by Crippen LogP contribution is 2.33. The number of aromatic nitrogens is 2. The van der Waals surface area contributed by atoms with Crippen LogP contribution in [-0.2, 0) is 0 Å². The lowest BCUT2D eigenvalue weighted by atomic mass is 10.0. The third-order valence-corrected chi connectivity index (χ3v) is 6.35. The molecule has 112 valence electrons. The molecule has 1 aliphatic heterocycles. The van der Waals surface area contributed by atoms with Crippen LogP contribution >= 0.6 is 27.7 Å². The number of rotatable bonds is 3. The van der Waals surface area contributed by atoms with Gasteiger partial charge in [0.25, 0.3) is 0 Å². The average Bonchev–Trinajstić information content (AvgIpc) is 3.11. The molecule has 1 aromatic carbocycles. The molecule has 6 heteroatoms. The van der Waals surface area contributed by atoms with Gasteiger partial charge in [-0.15, -0.1) is 0 Å². The first kappa shape index (κ1) is 15.1. The second-order valence-electron chi connectivity index (χ2n) is 5.42. The van der Waals surface area contributed by atoms with Gasteiger partial charge < -0.3 is 9.84 Å². The second kappa shape index (κ2) is 6.10. The molecule has 0 saturated carbocycles. The molecule has 3 rings (SSSR count). The number of aryl methyl sites for hydroxylation is 2. The fourth-order valence-electron chi connectivity index (χ4n) is 2.66. The quantitative estimate of drug-likeness (QED) is 0.898. The smallest absolute Gasteiger partial charge is 0.232 e. The Morgan fingerprint density at radius 3 is 2.67 bits per heavy atom. The molecule has 1 N–H and O–H groups in total. The maximum absolute atomic E-state index is 5.52. The summed E-state index contributed by atoms with van der Waals surface area (Å²) in [4.78, 5) is 4.63. The van der Waals surface area contributed by atoms with Gasteiger partial charge >= 0.3 is 0 Å². The molecule has 2 heterocycles. The van der Waals surface area contributed by atoms with E-state index < -0.39 is 0 Å². The van der Waals surface area contributed by atoms with E-state index in [1.54, 1.807) is 0 Å². The van der Waals surface area contributed by atoms with Gasteiger partial charge in [0.1, 0.15) is 0 Å². The van der Waals surface area contributed by atoms with Crippen molar-refractivity contribution in [2.45, 2.75) is 25.8 Å². The fraction of sp³-hybridized carbons (Fsp3) is 0.467. The fourth-order valence-corrected chi connectivity index (χ4v) is 4.31. The highest BCUT2D eigenvalue weighted by molar-refractivity contribution is 9.10. The van der Waals surface area contributed by atoms with Gasteiger partial charge in [0.05, 0.1) is 5.92 Å². The zero-order chi connectivity index (χ0) is 15.0. The van der Waals surface area contributed by atoms with Crippen molar-refractivity contribution in [1.29, 1.82) is 0 Å². The number of hydrogen-bond donors (Lipinski definition) is 1. The minimum Gasteiger partial charge on any atom is -0.339 e. The van der Waals surface area contributed by atoms with Gasteiger partial charge in [0.15, 0.2) is 0 Å². The molecule has 1 fully saturated rings. The van der Waals surface area contributed by atoms with Gasteiger partial charge in [0.2, 0.25) is 11.7 Å². The third-order valence-electron chi connectivity index (χ3n) is 3.90. The lowest BCUT2D eigenvalue weighted by Crippen LogP contribution is -2.31. The maximum Gasteiger partial charge on any atom is 0.232 e. The Morgan fingerprint density at radius 2 is 2.00 bits per heavy atom. The van der Waals surface area contributed by atoms with Gasteiger partial charge in [-0.25, -0.2) is 0 Å². The number of hydrogen-bond acceptors (Lipinski definition) is 5. The minimum atomic E-state index is 0.305. The standard InChI is InChI=1S/C15H18BrN3OS/c1-8-4-10(5-9(2)13(8)16)14-18-15(20-19-14)11-6-21-7-12(11)17-3/h4-5,11-12,17H,6-7H2,1-3H3. The van der Waals surface area contributed by atoms with E-state index in [-0.39, 0.29) is 0 Å². The molecular weight excluding hydrogens is 350 g/mol. The summed E-state index contributed by atoms with van der Waals surface area (Å²) in [5, 5.41) is 7.51. The largest absolute Gasteiger partial charge is 0.339 e. The molecule has 0 spiro atoms. The Morgan fingerprint density at radius 1 is 1.29 bits per heavy atom. The van der Waals surface area contributed by atoms with Crippen LogP contribution in [0.15, 0.2) is 21.1 Å². The van der Waals surface area contributed by atoms with Crippen LogP contribution in [-0.4, -0.2) is 34.7 Å². The van der Waals surface area contributed by atoms with Crippen LogP contribution in [0.2, 0.25) is 0 Å². The highest BCUT2D eigenvalue weighted by atomic mass is 79.9. The molecule has 21 heavy (non-hydrogen) atoms. The molecule has 1 aliphatic rings. The maximum atomic E-state index is 5.52.